The molecule has 1 aliphatic rings. The van der Waals surface area contributed by atoms with Crippen LogP contribution in [0.1, 0.15) is 6.42 Å². The molecule has 1 aliphatic heterocycles. The van der Waals surface area contributed by atoms with Gasteiger partial charge in [-0.05, 0) is 12.1 Å². The Morgan fingerprint density at radius 1 is 1.55 bits per heavy atom. The first-order valence-electron chi connectivity index (χ1n) is 5.61. The van der Waals surface area contributed by atoms with Crippen LogP contribution in [-0.4, -0.2) is 35.9 Å². The Balaban J connectivity index is 2.04. The van der Waals surface area contributed by atoms with Crippen molar-refractivity contribution in [2.75, 3.05) is 12.4 Å². The molecule has 1 aromatic rings. The minimum absolute atomic E-state index is 0.0817. The molecule has 7 nitrogen and oxygen atoms in total. The topological polar surface area (TPSA) is 97.2 Å². The number of nitrogens with one attached hydrogen (secondary N) is 1. The van der Waals surface area contributed by atoms with Gasteiger partial charge in [-0.3, -0.25) is 4.79 Å². The van der Waals surface area contributed by atoms with E-state index in [-0.39, 0.29) is 17.8 Å². The number of rotatable bonds is 4. The van der Waals surface area contributed by atoms with Crippen LogP contribution < -0.4 is 10.1 Å². The second kappa shape index (κ2) is 5.55. The van der Waals surface area contributed by atoms with Gasteiger partial charge in [0.2, 0.25) is 6.10 Å². The van der Waals surface area contributed by atoms with E-state index in [0.29, 0.717) is 5.75 Å². The molecule has 8 heteroatoms. The number of hydrogen-bond donors (Lipinski definition) is 2. The quantitative estimate of drug-likeness (QED) is 0.858. The monoisotopic (exact) mass is 282 g/mol. The minimum atomic E-state index is -1.26. The average molecular weight is 282 g/mol. The van der Waals surface area contributed by atoms with Gasteiger partial charge in [-0.2, -0.15) is 0 Å². The summed E-state index contributed by atoms with van der Waals surface area (Å²) in [5.74, 6) is -2.21. The highest BCUT2D eigenvalue weighted by molar-refractivity contribution is 6.36. The summed E-state index contributed by atoms with van der Waals surface area (Å²) in [6.45, 7) is 0. The van der Waals surface area contributed by atoms with Crippen molar-refractivity contribution < 1.29 is 28.7 Å². The van der Waals surface area contributed by atoms with Gasteiger partial charge in [0.05, 0.1) is 12.8 Å². The molecular weight excluding hydrogens is 271 g/mol. The molecule has 0 aromatic heterocycles. The molecule has 1 atom stereocenters. The number of halogens is 1. The summed E-state index contributed by atoms with van der Waals surface area (Å²) < 4.78 is 18.4. The first kappa shape index (κ1) is 13.8. The molecule has 0 bridgehead atoms. The molecule has 2 rings (SSSR count). The van der Waals surface area contributed by atoms with Crippen LogP contribution in [0, 0.1) is 5.82 Å². The zero-order chi connectivity index (χ0) is 14.7. The summed E-state index contributed by atoms with van der Waals surface area (Å²) in [6.07, 6.45) is -1.26. The number of carboxylic acid groups (broad SMARTS) is 1. The van der Waals surface area contributed by atoms with E-state index in [4.69, 9.17) is 14.7 Å². The minimum Gasteiger partial charge on any atom is -0.497 e. The van der Waals surface area contributed by atoms with Gasteiger partial charge in [-0.1, -0.05) is 5.16 Å². The van der Waals surface area contributed by atoms with Crippen LogP contribution in [0.15, 0.2) is 23.4 Å². The van der Waals surface area contributed by atoms with E-state index >= 15 is 0 Å². The van der Waals surface area contributed by atoms with E-state index < -0.39 is 23.8 Å². The lowest BCUT2D eigenvalue weighted by Crippen LogP contribution is -2.29. The van der Waals surface area contributed by atoms with Gasteiger partial charge in [0.25, 0.3) is 5.91 Å². The number of anilines is 1. The van der Waals surface area contributed by atoms with Crippen molar-refractivity contribution >= 4 is 23.3 Å². The molecule has 0 aliphatic carbocycles. The van der Waals surface area contributed by atoms with Crippen LogP contribution in [0.4, 0.5) is 10.1 Å². The number of benzene rings is 1. The molecule has 106 valence electrons. The molecule has 1 aromatic carbocycles. The molecule has 1 heterocycles. The van der Waals surface area contributed by atoms with Crippen molar-refractivity contribution in [3.05, 3.63) is 24.0 Å². The Morgan fingerprint density at radius 3 is 2.90 bits per heavy atom. The summed E-state index contributed by atoms with van der Waals surface area (Å²) in [5.41, 5.74) is -0.335. The number of carboxylic acids is 1. The number of ether oxygens (including phenoxy) is 1. The third kappa shape index (κ3) is 2.85. The maximum absolute atomic E-state index is 13.5. The lowest BCUT2D eigenvalue weighted by atomic mass is 10.1. The third-order valence-corrected chi connectivity index (χ3v) is 2.64. The van der Waals surface area contributed by atoms with Gasteiger partial charge in [0.15, 0.2) is 5.71 Å². The number of nitrogens with zero attached hydrogens (tertiary/aromatic N) is 1. The second-order valence-electron chi connectivity index (χ2n) is 3.98. The van der Waals surface area contributed by atoms with Gasteiger partial charge < -0.3 is 20.0 Å². The fraction of sp³-hybridized carbons (Fsp3) is 0.250. The largest absolute Gasteiger partial charge is 0.497 e. The molecule has 2 N–H and O–H groups in total. The lowest BCUT2D eigenvalue weighted by molar-refractivity contribution is -0.129. The van der Waals surface area contributed by atoms with Crippen molar-refractivity contribution in [3.8, 4) is 5.75 Å². The number of carbonyl (C=O) groups excluding carboxylic acids is 1. The van der Waals surface area contributed by atoms with Gasteiger partial charge in [0.1, 0.15) is 11.6 Å². The van der Waals surface area contributed by atoms with E-state index in [1.54, 1.807) is 0 Å². The van der Waals surface area contributed by atoms with Crippen LogP contribution in [0.5, 0.6) is 5.75 Å². The van der Waals surface area contributed by atoms with E-state index in [2.05, 4.69) is 10.5 Å². The Kier molecular flexibility index (Phi) is 3.83. The van der Waals surface area contributed by atoms with E-state index in [1.165, 1.54) is 19.2 Å². The molecule has 1 unspecified atom stereocenters. The van der Waals surface area contributed by atoms with Gasteiger partial charge in [-0.25, -0.2) is 9.18 Å². The zero-order valence-corrected chi connectivity index (χ0v) is 10.4. The fourth-order valence-corrected chi connectivity index (χ4v) is 1.58. The first-order chi connectivity index (χ1) is 9.51. The predicted molar refractivity (Wildman–Crippen MR) is 66.1 cm³/mol. The molecule has 0 fully saturated rings. The predicted octanol–water partition coefficient (Wildman–Crippen LogP) is 1.00. The van der Waals surface area contributed by atoms with E-state index in [9.17, 15) is 14.0 Å². The number of methoxy groups -OCH3 is 1. The summed E-state index contributed by atoms with van der Waals surface area (Å²) in [6, 6.07) is 3.85. The molecule has 0 spiro atoms. The fourth-order valence-electron chi connectivity index (χ4n) is 1.58. The third-order valence-electron chi connectivity index (χ3n) is 2.64. The van der Waals surface area contributed by atoms with Crippen molar-refractivity contribution in [2.24, 2.45) is 5.16 Å². The number of amides is 1. The lowest BCUT2D eigenvalue weighted by Gasteiger charge is -2.11. The number of aliphatic carboxylic acids is 1. The van der Waals surface area contributed by atoms with Crippen molar-refractivity contribution in [2.45, 2.75) is 12.5 Å². The van der Waals surface area contributed by atoms with Crippen LogP contribution in [0.2, 0.25) is 0 Å². The van der Waals surface area contributed by atoms with Crippen LogP contribution in [0.25, 0.3) is 0 Å². The summed E-state index contributed by atoms with van der Waals surface area (Å²) in [4.78, 5) is 27.2. The molecule has 20 heavy (non-hydrogen) atoms. The Labute approximate surface area is 113 Å². The summed E-state index contributed by atoms with van der Waals surface area (Å²) in [7, 11) is 1.41. The maximum Gasteiger partial charge on any atom is 0.353 e. The molecule has 0 saturated heterocycles. The number of carbonyl (C=O) groups is 2. The summed E-state index contributed by atoms with van der Waals surface area (Å²) in [5, 5.41) is 14.3. The summed E-state index contributed by atoms with van der Waals surface area (Å²) >= 11 is 0. The Hall–Kier alpha value is -2.64. The van der Waals surface area contributed by atoms with Gasteiger partial charge in [-0.15, -0.1) is 0 Å². The first-order valence-corrected chi connectivity index (χ1v) is 5.61. The smallest absolute Gasteiger partial charge is 0.353 e. The Bertz CT molecular complexity index is 587. The molecule has 1 amide bonds. The Morgan fingerprint density at radius 2 is 2.30 bits per heavy atom. The SMILES string of the molecule is COc1ccc(F)c(NC(=O)C2CC(C(=O)O)=NO2)c1. The van der Waals surface area contributed by atoms with Crippen molar-refractivity contribution in [3.63, 3.8) is 0 Å². The van der Waals surface area contributed by atoms with Crippen molar-refractivity contribution in [1.29, 1.82) is 0 Å². The number of hydrogen-bond acceptors (Lipinski definition) is 5. The normalized spacial score (nSPS) is 17.1. The van der Waals surface area contributed by atoms with Crippen LogP contribution in [-0.2, 0) is 14.4 Å². The molecular formula is C12H11FN2O5. The standard InChI is InChI=1S/C12H11FN2O5/c1-19-6-2-3-7(13)8(4-6)14-11(16)10-5-9(12(17)18)15-20-10/h2-4,10H,5H2,1H3,(H,14,16)(H,17,18). The number of oxime groups is 1. The second-order valence-corrected chi connectivity index (χ2v) is 3.98. The molecule has 0 saturated carbocycles. The van der Waals surface area contributed by atoms with Gasteiger partial charge >= 0.3 is 5.97 Å². The highest BCUT2D eigenvalue weighted by Crippen LogP contribution is 2.22. The van der Waals surface area contributed by atoms with Gasteiger partial charge in [0, 0.05) is 12.5 Å². The van der Waals surface area contributed by atoms with E-state index in [0.717, 1.165) is 6.07 Å². The van der Waals surface area contributed by atoms with Crippen LogP contribution >= 0.6 is 0 Å². The highest BCUT2D eigenvalue weighted by Gasteiger charge is 2.31. The molecule has 0 radical (unpaired) electrons. The zero-order valence-electron chi connectivity index (χ0n) is 10.4. The average Bonchev–Trinajstić information content (AvgIpc) is 2.91. The van der Waals surface area contributed by atoms with Crippen LogP contribution in [0.3, 0.4) is 0 Å². The van der Waals surface area contributed by atoms with E-state index in [1.807, 2.05) is 0 Å². The van der Waals surface area contributed by atoms with Crippen molar-refractivity contribution in [1.82, 2.24) is 0 Å². The maximum atomic E-state index is 13.5. The highest BCUT2D eigenvalue weighted by atomic mass is 19.1.